The molecule has 1 heterocycles. The summed E-state index contributed by atoms with van der Waals surface area (Å²) in [5.41, 5.74) is -0.545. The first kappa shape index (κ1) is 35.7. The van der Waals surface area contributed by atoms with Crippen LogP contribution in [0.5, 0.6) is 0 Å². The number of carbonyl (C=O) groups is 6. The van der Waals surface area contributed by atoms with Crippen molar-refractivity contribution in [1.29, 1.82) is 0 Å². The van der Waals surface area contributed by atoms with Crippen molar-refractivity contribution in [3.8, 4) is 0 Å². The quantitative estimate of drug-likeness (QED) is 0.266. The lowest BCUT2D eigenvalue weighted by Gasteiger charge is -2.30. The second-order valence-electron chi connectivity index (χ2n) is 11.7. The molecule has 0 aromatic heterocycles. The molecule has 0 spiro atoms. The molecule has 1 aliphatic heterocycles. The summed E-state index contributed by atoms with van der Waals surface area (Å²) in [7, 11) is 0. The number of ketones is 1. The maximum Gasteiger partial charge on any atom is 0.408 e. The molecule has 1 N–H and O–H groups in total. The Morgan fingerprint density at radius 1 is 0.826 bits per heavy atom. The molecule has 6 atom stereocenters. The average Bonchev–Trinajstić information content (AvgIpc) is 3.04. The van der Waals surface area contributed by atoms with Gasteiger partial charge in [-0.15, -0.1) is 0 Å². The molecule has 1 saturated heterocycles. The van der Waals surface area contributed by atoms with E-state index in [9.17, 15) is 28.8 Å². The third kappa shape index (κ3) is 9.38. The van der Waals surface area contributed by atoms with Crippen LogP contribution in [0, 0.1) is 11.3 Å². The summed E-state index contributed by atoms with van der Waals surface area (Å²) in [6.07, 6.45) is -6.60. The van der Waals surface area contributed by atoms with Crippen molar-refractivity contribution in [2.24, 2.45) is 11.3 Å². The number of hydrogen-bond donors (Lipinski definition) is 1. The van der Waals surface area contributed by atoms with Gasteiger partial charge in [0.2, 0.25) is 6.10 Å². The van der Waals surface area contributed by atoms with Crippen LogP contribution in [-0.4, -0.2) is 66.2 Å². The molecule has 1 unspecified atom stereocenters. The Morgan fingerprint density at radius 2 is 1.41 bits per heavy atom. The molecule has 2 aromatic rings. The number of nitrogens with one attached hydrogen (secondary N) is 1. The predicted molar refractivity (Wildman–Crippen MR) is 163 cm³/mol. The van der Waals surface area contributed by atoms with E-state index in [1.807, 2.05) is 0 Å². The van der Waals surface area contributed by atoms with E-state index in [4.69, 9.17) is 23.7 Å². The largest absolute Gasteiger partial charge is 0.457 e. The fourth-order valence-electron chi connectivity index (χ4n) is 4.50. The summed E-state index contributed by atoms with van der Waals surface area (Å²) >= 11 is 0. The summed E-state index contributed by atoms with van der Waals surface area (Å²) in [6, 6.07) is 15.8. The van der Waals surface area contributed by atoms with Crippen molar-refractivity contribution < 1.29 is 52.5 Å². The summed E-state index contributed by atoms with van der Waals surface area (Å²) in [5, 5.41) is 2.34. The van der Waals surface area contributed by atoms with Gasteiger partial charge >= 0.3 is 30.0 Å². The van der Waals surface area contributed by atoms with Crippen LogP contribution in [0.2, 0.25) is 0 Å². The average molecular weight is 640 g/mol. The number of cyclic esters (lactones) is 4. The number of alkyl carbamates (subject to hydrolysis) is 1. The number of benzene rings is 2. The molecule has 3 rings (SSSR count). The molecule has 0 saturated carbocycles. The number of amides is 1. The highest BCUT2D eigenvalue weighted by molar-refractivity contribution is 6.06. The number of esters is 4. The molecule has 1 aliphatic rings. The van der Waals surface area contributed by atoms with E-state index in [-0.39, 0.29) is 13.0 Å². The zero-order chi connectivity index (χ0) is 34.0. The Balaban J connectivity index is 1.96. The van der Waals surface area contributed by atoms with Crippen molar-refractivity contribution in [3.63, 3.8) is 0 Å². The SMILES string of the molecule is CC[C@H](C)[C@@H]1OC(=O)C(C)(C)C(=O)C(Cc2ccccc2)OC(=O)[C@H](C)OC(=O)[C@@H](NC(=O)OCc2ccccc2)[C@@H](C)OC1=O. The zero-order valence-corrected chi connectivity index (χ0v) is 26.8. The van der Waals surface area contributed by atoms with Gasteiger partial charge in [-0.3, -0.25) is 9.59 Å². The molecule has 12 nitrogen and oxygen atoms in total. The van der Waals surface area contributed by atoms with Crippen LogP contribution in [0.1, 0.15) is 59.1 Å². The predicted octanol–water partition coefficient (Wildman–Crippen LogP) is 3.87. The van der Waals surface area contributed by atoms with Gasteiger partial charge in [0.15, 0.2) is 24.0 Å². The number of rotatable bonds is 7. The van der Waals surface area contributed by atoms with E-state index in [0.717, 1.165) is 0 Å². The zero-order valence-electron chi connectivity index (χ0n) is 26.8. The van der Waals surface area contributed by atoms with Crippen LogP contribution < -0.4 is 5.32 Å². The smallest absolute Gasteiger partial charge is 0.408 e. The topological polar surface area (TPSA) is 161 Å². The highest BCUT2D eigenvalue weighted by atomic mass is 16.6. The first-order valence-electron chi connectivity index (χ1n) is 15.1. The van der Waals surface area contributed by atoms with Crippen molar-refractivity contribution >= 4 is 35.8 Å². The number of carbonyl (C=O) groups excluding carboxylic acids is 6. The first-order chi connectivity index (χ1) is 21.7. The molecule has 46 heavy (non-hydrogen) atoms. The minimum Gasteiger partial charge on any atom is -0.457 e. The molecule has 1 fully saturated rings. The molecular weight excluding hydrogens is 598 g/mol. The third-order valence-corrected chi connectivity index (χ3v) is 7.70. The van der Waals surface area contributed by atoms with Crippen LogP contribution in [0.3, 0.4) is 0 Å². The molecular formula is C34H41NO11. The van der Waals surface area contributed by atoms with Gasteiger partial charge in [0, 0.05) is 12.3 Å². The van der Waals surface area contributed by atoms with Crippen LogP contribution in [-0.2, 0) is 60.7 Å². The van der Waals surface area contributed by atoms with Gasteiger partial charge in [-0.1, -0.05) is 74.5 Å². The van der Waals surface area contributed by atoms with E-state index in [1.54, 1.807) is 74.5 Å². The second kappa shape index (κ2) is 16.0. The van der Waals surface area contributed by atoms with Crippen molar-refractivity contribution in [2.45, 2.75) is 91.4 Å². The van der Waals surface area contributed by atoms with Crippen LogP contribution in [0.4, 0.5) is 4.79 Å². The van der Waals surface area contributed by atoms with Crippen LogP contribution in [0.15, 0.2) is 60.7 Å². The minimum atomic E-state index is -1.86. The Hall–Kier alpha value is -4.74. The van der Waals surface area contributed by atoms with E-state index >= 15 is 0 Å². The first-order valence-corrected chi connectivity index (χ1v) is 15.1. The highest BCUT2D eigenvalue weighted by Crippen LogP contribution is 2.27. The Labute approximate surface area is 268 Å². The Morgan fingerprint density at radius 3 is 2.00 bits per heavy atom. The fraction of sp³-hybridized carbons (Fsp3) is 0.471. The van der Waals surface area contributed by atoms with Crippen LogP contribution >= 0.6 is 0 Å². The minimum absolute atomic E-state index is 0.0892. The third-order valence-electron chi connectivity index (χ3n) is 7.70. The van der Waals surface area contributed by atoms with Gasteiger partial charge in [-0.05, 0) is 45.2 Å². The van der Waals surface area contributed by atoms with Gasteiger partial charge in [0.25, 0.3) is 0 Å². The van der Waals surface area contributed by atoms with E-state index < -0.39 is 77.5 Å². The molecule has 248 valence electrons. The van der Waals surface area contributed by atoms with Gasteiger partial charge in [-0.25, -0.2) is 19.2 Å². The monoisotopic (exact) mass is 639 g/mol. The molecule has 0 radical (unpaired) electrons. The van der Waals surface area contributed by atoms with Crippen LogP contribution in [0.25, 0.3) is 0 Å². The van der Waals surface area contributed by atoms with Gasteiger partial charge in [-0.2, -0.15) is 0 Å². The molecule has 2 aromatic carbocycles. The maximum atomic E-state index is 13.8. The summed E-state index contributed by atoms with van der Waals surface area (Å²) in [6.45, 7) is 8.47. The number of ether oxygens (including phenoxy) is 5. The lowest BCUT2D eigenvalue weighted by molar-refractivity contribution is -0.183. The van der Waals surface area contributed by atoms with E-state index in [0.29, 0.717) is 17.5 Å². The standard InChI is InChI=1S/C34H41NO11/c1-7-20(2)27-31(39)43-21(3)26(35-33(41)42-19-24-16-12-9-13-17-24)30(38)44-22(4)29(37)45-25(18-23-14-10-8-11-15-23)28(36)34(5,6)32(40)46-27/h8-17,20-22,25-27H,7,18-19H2,1-6H3,(H,35,41)/t20-,21+,22-,25?,26-,27-/m0/s1. The Bertz CT molecular complexity index is 1390. The molecule has 0 bridgehead atoms. The van der Waals surface area contributed by atoms with E-state index in [1.165, 1.54) is 27.7 Å². The van der Waals surface area contributed by atoms with Gasteiger partial charge in [0.05, 0.1) is 0 Å². The molecule has 1 amide bonds. The Kier molecular flexibility index (Phi) is 12.4. The number of Topliss-reactive ketones (excluding diaryl/α,β-unsaturated/α-hetero) is 1. The fourth-order valence-corrected chi connectivity index (χ4v) is 4.50. The van der Waals surface area contributed by atoms with Crippen molar-refractivity contribution in [2.75, 3.05) is 0 Å². The van der Waals surface area contributed by atoms with Gasteiger partial charge < -0.3 is 29.0 Å². The highest BCUT2D eigenvalue weighted by Gasteiger charge is 2.47. The summed E-state index contributed by atoms with van der Waals surface area (Å²) < 4.78 is 27.2. The lowest BCUT2D eigenvalue weighted by Crippen LogP contribution is -2.52. The molecule has 12 heteroatoms. The van der Waals surface area contributed by atoms with Gasteiger partial charge in [0.1, 0.15) is 18.1 Å². The number of hydrogen-bond acceptors (Lipinski definition) is 11. The molecule has 0 aliphatic carbocycles. The summed E-state index contributed by atoms with van der Waals surface area (Å²) in [4.78, 5) is 80.0. The summed E-state index contributed by atoms with van der Waals surface area (Å²) in [5.74, 6) is -5.60. The van der Waals surface area contributed by atoms with Crippen molar-refractivity contribution in [3.05, 3.63) is 71.8 Å². The lowest BCUT2D eigenvalue weighted by atomic mass is 9.83. The van der Waals surface area contributed by atoms with Crippen molar-refractivity contribution in [1.82, 2.24) is 5.32 Å². The maximum absolute atomic E-state index is 13.8. The van der Waals surface area contributed by atoms with E-state index in [2.05, 4.69) is 5.32 Å². The normalized spacial score (nSPS) is 25.0. The second-order valence-corrected chi connectivity index (χ2v) is 11.7.